The van der Waals surface area contributed by atoms with Crippen molar-refractivity contribution >= 4 is 10.0 Å². The molecule has 0 fully saturated rings. The molecule has 1 rings (SSSR count). The number of benzene rings is 1. The summed E-state index contributed by atoms with van der Waals surface area (Å²) in [6.45, 7) is 0.130. The van der Waals surface area contributed by atoms with Crippen molar-refractivity contribution in [2.45, 2.75) is 24.9 Å². The van der Waals surface area contributed by atoms with E-state index in [1.54, 1.807) is 0 Å². The molecule has 0 unspecified atom stereocenters. The molecule has 1 aromatic rings. The summed E-state index contributed by atoms with van der Waals surface area (Å²) in [6, 6.07) is 2.49. The zero-order valence-corrected chi connectivity index (χ0v) is 12.2. The number of hydrogen-bond acceptors (Lipinski definition) is 4. The van der Waals surface area contributed by atoms with Crippen LogP contribution in [0.4, 0.5) is 13.2 Å². The summed E-state index contributed by atoms with van der Waals surface area (Å²) in [6.07, 6.45) is 0.920. The number of halogens is 3. The molecule has 0 saturated carbocycles. The van der Waals surface area contributed by atoms with Crippen molar-refractivity contribution in [2.75, 3.05) is 19.6 Å². The first-order valence-corrected chi connectivity index (χ1v) is 7.80. The van der Waals surface area contributed by atoms with E-state index in [1.165, 1.54) is 0 Å². The number of hydrogen-bond donors (Lipinski definition) is 2. The Morgan fingerprint density at radius 3 is 2.52 bits per heavy atom. The highest BCUT2D eigenvalue weighted by Crippen LogP contribution is 2.22. The van der Waals surface area contributed by atoms with E-state index >= 15 is 0 Å². The Labute approximate surface area is 121 Å². The minimum Gasteiger partial charge on any atom is -0.432 e. The molecule has 2 N–H and O–H groups in total. The second-order valence-corrected chi connectivity index (χ2v) is 5.89. The Hall–Kier alpha value is -1.32. The molecule has 0 aromatic heterocycles. The van der Waals surface area contributed by atoms with Crippen LogP contribution in [0.1, 0.15) is 13.3 Å². The van der Waals surface area contributed by atoms with Gasteiger partial charge in [0.25, 0.3) is 0 Å². The second kappa shape index (κ2) is 8.20. The lowest BCUT2D eigenvalue weighted by molar-refractivity contribution is -0.0522. The first-order chi connectivity index (χ1) is 9.86. The molecular formula is C12H17F3N2O3S. The van der Waals surface area contributed by atoms with Gasteiger partial charge in [-0.1, -0.05) is 6.92 Å². The van der Waals surface area contributed by atoms with Crippen molar-refractivity contribution in [3.63, 3.8) is 0 Å². The lowest BCUT2D eigenvalue weighted by Crippen LogP contribution is -2.32. The molecule has 0 radical (unpaired) electrons. The van der Waals surface area contributed by atoms with Crippen LogP contribution in [-0.4, -0.2) is 34.7 Å². The fourth-order valence-electron chi connectivity index (χ4n) is 1.50. The van der Waals surface area contributed by atoms with Crippen LogP contribution in [-0.2, 0) is 10.0 Å². The number of sulfonamides is 1. The van der Waals surface area contributed by atoms with Gasteiger partial charge in [0.1, 0.15) is 0 Å². The van der Waals surface area contributed by atoms with Crippen LogP contribution in [0.15, 0.2) is 23.1 Å². The largest absolute Gasteiger partial charge is 0.432 e. The standard InChI is InChI=1S/C12H17F3N2O3S/c1-2-5-16-6-7-17-21(18,19)9-3-4-11(10(13)8-9)20-12(14)15/h3-4,8,12,16-17H,2,5-7H2,1H3. The van der Waals surface area contributed by atoms with E-state index in [2.05, 4.69) is 14.8 Å². The maximum Gasteiger partial charge on any atom is 0.387 e. The van der Waals surface area contributed by atoms with Crippen LogP contribution in [0.3, 0.4) is 0 Å². The summed E-state index contributed by atoms with van der Waals surface area (Å²) < 4.78 is 67.3. The van der Waals surface area contributed by atoms with E-state index in [0.29, 0.717) is 12.6 Å². The van der Waals surface area contributed by atoms with Gasteiger partial charge in [-0.05, 0) is 31.2 Å². The monoisotopic (exact) mass is 326 g/mol. The van der Waals surface area contributed by atoms with E-state index < -0.39 is 28.2 Å². The molecule has 0 amide bonds. The fraction of sp³-hybridized carbons (Fsp3) is 0.500. The summed E-state index contributed by atoms with van der Waals surface area (Å²) in [5.41, 5.74) is 0. The maximum absolute atomic E-state index is 13.5. The minimum atomic E-state index is -3.89. The van der Waals surface area contributed by atoms with E-state index in [1.807, 2.05) is 6.92 Å². The van der Waals surface area contributed by atoms with Gasteiger partial charge in [0.2, 0.25) is 10.0 Å². The van der Waals surface area contributed by atoms with E-state index in [0.717, 1.165) is 25.1 Å². The van der Waals surface area contributed by atoms with Crippen molar-refractivity contribution in [1.29, 1.82) is 0 Å². The highest BCUT2D eigenvalue weighted by molar-refractivity contribution is 7.89. The lowest BCUT2D eigenvalue weighted by Gasteiger charge is -2.09. The van der Waals surface area contributed by atoms with Gasteiger partial charge in [-0.25, -0.2) is 17.5 Å². The summed E-state index contributed by atoms with van der Waals surface area (Å²) in [7, 11) is -3.89. The van der Waals surface area contributed by atoms with Crippen molar-refractivity contribution in [2.24, 2.45) is 0 Å². The average molecular weight is 326 g/mol. The Morgan fingerprint density at radius 2 is 1.95 bits per heavy atom. The first kappa shape index (κ1) is 17.7. The zero-order chi connectivity index (χ0) is 15.9. The SMILES string of the molecule is CCCNCCNS(=O)(=O)c1ccc(OC(F)F)c(F)c1. The third-order valence-corrected chi connectivity index (χ3v) is 3.91. The van der Waals surface area contributed by atoms with Crippen molar-refractivity contribution in [1.82, 2.24) is 10.0 Å². The third-order valence-electron chi connectivity index (χ3n) is 2.45. The molecule has 0 spiro atoms. The summed E-state index contributed by atoms with van der Waals surface area (Å²) in [5.74, 6) is -1.86. The topological polar surface area (TPSA) is 67.4 Å². The molecule has 0 saturated heterocycles. The van der Waals surface area contributed by atoms with Crippen molar-refractivity contribution in [3.05, 3.63) is 24.0 Å². The number of ether oxygens (including phenoxy) is 1. The van der Waals surface area contributed by atoms with Crippen LogP contribution in [0.25, 0.3) is 0 Å². The van der Waals surface area contributed by atoms with E-state index in [4.69, 9.17) is 0 Å². The van der Waals surface area contributed by atoms with Gasteiger partial charge >= 0.3 is 6.61 Å². The van der Waals surface area contributed by atoms with Gasteiger partial charge < -0.3 is 10.1 Å². The molecule has 5 nitrogen and oxygen atoms in total. The predicted molar refractivity (Wildman–Crippen MR) is 71.4 cm³/mol. The second-order valence-electron chi connectivity index (χ2n) is 4.12. The van der Waals surface area contributed by atoms with Gasteiger partial charge in [0.15, 0.2) is 11.6 Å². The Kier molecular flexibility index (Phi) is 6.93. The van der Waals surface area contributed by atoms with Crippen LogP contribution < -0.4 is 14.8 Å². The van der Waals surface area contributed by atoms with Crippen LogP contribution in [0.2, 0.25) is 0 Å². The fourth-order valence-corrected chi connectivity index (χ4v) is 2.54. The maximum atomic E-state index is 13.5. The lowest BCUT2D eigenvalue weighted by atomic mass is 10.3. The van der Waals surface area contributed by atoms with Gasteiger partial charge in [0, 0.05) is 13.1 Å². The first-order valence-electron chi connectivity index (χ1n) is 6.31. The van der Waals surface area contributed by atoms with Gasteiger partial charge in [-0.3, -0.25) is 0 Å². The normalized spacial score (nSPS) is 11.9. The molecule has 0 aliphatic carbocycles. The molecule has 0 atom stereocenters. The molecule has 120 valence electrons. The van der Waals surface area contributed by atoms with Crippen molar-refractivity contribution in [3.8, 4) is 5.75 Å². The predicted octanol–water partition coefficient (Wildman–Crippen LogP) is 1.70. The van der Waals surface area contributed by atoms with Gasteiger partial charge in [0.05, 0.1) is 4.90 Å². The van der Waals surface area contributed by atoms with E-state index in [9.17, 15) is 21.6 Å². The number of alkyl halides is 2. The molecule has 0 heterocycles. The number of rotatable bonds is 9. The summed E-state index contributed by atoms with van der Waals surface area (Å²) in [5, 5.41) is 3.00. The van der Waals surface area contributed by atoms with Crippen LogP contribution in [0.5, 0.6) is 5.75 Å². The molecule has 0 bridgehead atoms. The molecule has 0 aliphatic rings. The molecule has 9 heteroatoms. The van der Waals surface area contributed by atoms with Crippen molar-refractivity contribution < 1.29 is 26.3 Å². The molecular weight excluding hydrogens is 309 g/mol. The summed E-state index contributed by atoms with van der Waals surface area (Å²) >= 11 is 0. The summed E-state index contributed by atoms with van der Waals surface area (Å²) in [4.78, 5) is -0.350. The highest BCUT2D eigenvalue weighted by Gasteiger charge is 2.17. The van der Waals surface area contributed by atoms with Crippen LogP contribution in [0, 0.1) is 5.82 Å². The smallest absolute Gasteiger partial charge is 0.387 e. The van der Waals surface area contributed by atoms with Gasteiger partial charge in [-0.15, -0.1) is 0 Å². The van der Waals surface area contributed by atoms with Gasteiger partial charge in [-0.2, -0.15) is 8.78 Å². The average Bonchev–Trinajstić information content (AvgIpc) is 2.40. The van der Waals surface area contributed by atoms with E-state index in [-0.39, 0.29) is 11.4 Å². The highest BCUT2D eigenvalue weighted by atomic mass is 32.2. The molecule has 1 aromatic carbocycles. The third kappa shape index (κ3) is 5.90. The minimum absolute atomic E-state index is 0.138. The zero-order valence-electron chi connectivity index (χ0n) is 11.4. The number of nitrogens with one attached hydrogen (secondary N) is 2. The quantitative estimate of drug-likeness (QED) is 0.678. The Balaban J connectivity index is 2.68. The molecule has 21 heavy (non-hydrogen) atoms. The Bertz CT molecular complexity index is 553. The Morgan fingerprint density at radius 1 is 1.24 bits per heavy atom. The van der Waals surface area contributed by atoms with Crippen LogP contribution >= 0.6 is 0 Å². The molecule has 0 aliphatic heterocycles.